The van der Waals surface area contributed by atoms with E-state index < -0.39 is 30.1 Å². The highest BCUT2D eigenvalue weighted by Gasteiger charge is 2.32. The van der Waals surface area contributed by atoms with Crippen molar-refractivity contribution >= 4 is 5.97 Å². The van der Waals surface area contributed by atoms with Crippen LogP contribution in [-0.4, -0.2) is 15.6 Å². The molecule has 2 N–H and O–H groups in total. The van der Waals surface area contributed by atoms with E-state index in [-0.39, 0.29) is 5.56 Å². The molecule has 0 fully saturated rings. The topological polar surface area (TPSA) is 66.0 Å². The van der Waals surface area contributed by atoms with Crippen molar-refractivity contribution in [3.05, 3.63) is 88.7 Å². The van der Waals surface area contributed by atoms with Crippen LogP contribution in [-0.2, 0) is 19.8 Å². The SMILES string of the molecule is Cc1cn(C)c(C(=O)O)c1-c1ccccc1.[NH-]Cc1ccc(F)cc1C(F)(F)F. The van der Waals surface area contributed by atoms with Crippen LogP contribution in [0.25, 0.3) is 16.9 Å². The molecule has 3 aromatic rings. The van der Waals surface area contributed by atoms with E-state index in [9.17, 15) is 27.5 Å². The summed E-state index contributed by atoms with van der Waals surface area (Å²) in [6.45, 7) is 1.42. The molecule has 0 aliphatic heterocycles. The predicted octanol–water partition coefficient (Wildman–Crippen LogP) is 6.10. The maximum Gasteiger partial charge on any atom is 0.416 e. The van der Waals surface area contributed by atoms with Crippen LogP contribution in [0.2, 0.25) is 0 Å². The normalized spacial score (nSPS) is 11.0. The zero-order valence-corrected chi connectivity index (χ0v) is 15.7. The summed E-state index contributed by atoms with van der Waals surface area (Å²) in [5.74, 6) is -1.83. The fraction of sp³-hybridized carbons (Fsp3) is 0.190. The number of rotatable bonds is 3. The first-order chi connectivity index (χ1) is 13.6. The van der Waals surface area contributed by atoms with E-state index >= 15 is 0 Å². The van der Waals surface area contributed by atoms with Crippen LogP contribution in [0.5, 0.6) is 0 Å². The van der Waals surface area contributed by atoms with Gasteiger partial charge in [0.05, 0.1) is 5.56 Å². The number of hydrogen-bond donors (Lipinski definition) is 1. The number of aromatic carboxylic acids is 1. The van der Waals surface area contributed by atoms with Gasteiger partial charge in [-0.15, -0.1) is 6.54 Å². The lowest BCUT2D eigenvalue weighted by Crippen LogP contribution is -2.09. The molecule has 154 valence electrons. The van der Waals surface area contributed by atoms with Gasteiger partial charge in [-0.2, -0.15) is 13.2 Å². The zero-order valence-electron chi connectivity index (χ0n) is 15.7. The number of carbonyl (C=O) groups is 1. The molecule has 8 heteroatoms. The van der Waals surface area contributed by atoms with E-state index in [1.165, 1.54) is 0 Å². The maximum absolute atomic E-state index is 12.5. The number of carboxylic acids is 1. The summed E-state index contributed by atoms with van der Waals surface area (Å²) in [5.41, 5.74) is 8.59. The number of aryl methyl sites for hydroxylation is 2. The monoisotopic (exact) mass is 407 g/mol. The minimum atomic E-state index is -4.58. The van der Waals surface area contributed by atoms with Crippen LogP contribution < -0.4 is 0 Å². The van der Waals surface area contributed by atoms with Crippen molar-refractivity contribution in [2.75, 3.05) is 0 Å². The Morgan fingerprint density at radius 2 is 1.76 bits per heavy atom. The molecule has 0 aliphatic rings. The number of benzene rings is 2. The van der Waals surface area contributed by atoms with Gasteiger partial charge in [0.1, 0.15) is 11.5 Å². The van der Waals surface area contributed by atoms with E-state index in [0.717, 1.165) is 28.8 Å². The molecule has 3 rings (SSSR count). The number of aromatic nitrogens is 1. The lowest BCUT2D eigenvalue weighted by molar-refractivity contribution is -0.138. The Labute approximate surface area is 165 Å². The van der Waals surface area contributed by atoms with Gasteiger partial charge in [0.2, 0.25) is 0 Å². The zero-order chi connectivity index (χ0) is 21.8. The van der Waals surface area contributed by atoms with Crippen LogP contribution in [0, 0.1) is 12.7 Å². The summed E-state index contributed by atoms with van der Waals surface area (Å²) in [6.07, 6.45) is -2.75. The molecule has 0 bridgehead atoms. The number of carboxylic acid groups (broad SMARTS) is 1. The van der Waals surface area contributed by atoms with Crippen molar-refractivity contribution in [3.8, 4) is 11.1 Å². The van der Waals surface area contributed by atoms with Crippen molar-refractivity contribution < 1.29 is 27.5 Å². The highest BCUT2D eigenvalue weighted by Crippen LogP contribution is 2.32. The largest absolute Gasteiger partial charge is 0.674 e. The molecular formula is C21H19F4N2O2-. The van der Waals surface area contributed by atoms with E-state index in [1.807, 2.05) is 43.5 Å². The molecule has 29 heavy (non-hydrogen) atoms. The minimum absolute atomic E-state index is 0.214. The van der Waals surface area contributed by atoms with Crippen LogP contribution in [0.3, 0.4) is 0 Å². The van der Waals surface area contributed by atoms with E-state index in [0.29, 0.717) is 11.8 Å². The minimum Gasteiger partial charge on any atom is -0.674 e. The molecule has 0 amide bonds. The third-order valence-electron chi connectivity index (χ3n) is 4.20. The molecule has 0 atom stereocenters. The molecule has 0 spiro atoms. The van der Waals surface area contributed by atoms with Gasteiger partial charge in [-0.1, -0.05) is 42.0 Å². The summed E-state index contributed by atoms with van der Waals surface area (Å²) in [5, 5.41) is 9.20. The second kappa shape index (κ2) is 8.91. The number of halogens is 4. The first-order valence-electron chi connectivity index (χ1n) is 8.51. The molecule has 0 aliphatic carbocycles. The maximum atomic E-state index is 12.5. The number of nitrogens with zero attached hydrogens (tertiary/aromatic N) is 1. The van der Waals surface area contributed by atoms with Gasteiger partial charge in [-0.25, -0.2) is 9.18 Å². The molecular weight excluding hydrogens is 388 g/mol. The smallest absolute Gasteiger partial charge is 0.416 e. The fourth-order valence-electron chi connectivity index (χ4n) is 2.98. The molecule has 2 aromatic carbocycles. The fourth-order valence-corrected chi connectivity index (χ4v) is 2.98. The van der Waals surface area contributed by atoms with Gasteiger partial charge in [0.15, 0.2) is 0 Å². The first-order valence-corrected chi connectivity index (χ1v) is 8.51. The summed E-state index contributed by atoms with van der Waals surface area (Å²) in [7, 11) is 1.75. The standard InChI is InChI=1S/C13H13NO2.C8H6F4N/c1-9-8-14(2)12(13(15)16)11(9)10-6-4-3-5-7-10;9-6-2-1-5(4-13)7(3-6)8(10,11)12/h3-8H,1-2H3,(H,15,16);1-3,13H,4H2/q;-1. The van der Waals surface area contributed by atoms with E-state index in [4.69, 9.17) is 5.73 Å². The van der Waals surface area contributed by atoms with Crippen LogP contribution >= 0.6 is 0 Å². The highest BCUT2D eigenvalue weighted by atomic mass is 19.4. The third kappa shape index (κ3) is 5.23. The predicted molar refractivity (Wildman–Crippen MR) is 102 cm³/mol. The van der Waals surface area contributed by atoms with Crippen molar-refractivity contribution in [1.82, 2.24) is 4.57 Å². The third-order valence-corrected chi connectivity index (χ3v) is 4.20. The molecule has 0 saturated heterocycles. The number of nitrogens with one attached hydrogen (secondary N) is 1. The molecule has 0 unspecified atom stereocenters. The van der Waals surface area contributed by atoms with Crippen LogP contribution in [0.1, 0.15) is 27.2 Å². The molecule has 0 radical (unpaired) electrons. The Morgan fingerprint density at radius 1 is 1.14 bits per heavy atom. The second-order valence-corrected chi connectivity index (χ2v) is 6.29. The quantitative estimate of drug-likeness (QED) is 0.534. The van der Waals surface area contributed by atoms with Gasteiger partial charge in [-0.05, 0) is 30.2 Å². The second-order valence-electron chi connectivity index (χ2n) is 6.29. The number of hydrogen-bond acceptors (Lipinski definition) is 1. The Kier molecular flexibility index (Phi) is 6.81. The van der Waals surface area contributed by atoms with Crippen molar-refractivity contribution in [2.24, 2.45) is 7.05 Å². The summed E-state index contributed by atoms with van der Waals surface area (Å²) in [6, 6.07) is 11.9. The van der Waals surface area contributed by atoms with E-state index in [2.05, 4.69) is 0 Å². The van der Waals surface area contributed by atoms with Crippen LogP contribution in [0.4, 0.5) is 17.6 Å². The van der Waals surface area contributed by atoms with Crippen LogP contribution in [0.15, 0.2) is 54.7 Å². The van der Waals surface area contributed by atoms with Crippen molar-refractivity contribution in [3.63, 3.8) is 0 Å². The van der Waals surface area contributed by atoms with Gasteiger partial charge in [0, 0.05) is 18.8 Å². The number of alkyl halides is 3. The lowest BCUT2D eigenvalue weighted by atomic mass is 10.0. The Bertz CT molecular complexity index is 996. The molecule has 1 aromatic heterocycles. The lowest BCUT2D eigenvalue weighted by Gasteiger charge is -2.13. The average Bonchev–Trinajstić information content (AvgIpc) is 2.96. The molecule has 0 saturated carbocycles. The van der Waals surface area contributed by atoms with Crippen molar-refractivity contribution in [2.45, 2.75) is 19.6 Å². The first kappa shape index (κ1) is 22.2. The summed E-state index contributed by atoms with van der Waals surface area (Å²) in [4.78, 5) is 11.2. The average molecular weight is 407 g/mol. The van der Waals surface area contributed by atoms with Crippen molar-refractivity contribution in [1.29, 1.82) is 0 Å². The Morgan fingerprint density at radius 3 is 2.28 bits per heavy atom. The Hall–Kier alpha value is -3.13. The van der Waals surface area contributed by atoms with E-state index in [1.54, 1.807) is 11.6 Å². The summed E-state index contributed by atoms with van der Waals surface area (Å²) >= 11 is 0. The molecule has 4 nitrogen and oxygen atoms in total. The molecule has 1 heterocycles. The Balaban J connectivity index is 0.000000212. The van der Waals surface area contributed by atoms with Gasteiger partial charge in [0.25, 0.3) is 0 Å². The van der Waals surface area contributed by atoms with Gasteiger partial charge in [-0.3, -0.25) is 0 Å². The highest BCUT2D eigenvalue weighted by molar-refractivity contribution is 5.95. The summed E-state index contributed by atoms with van der Waals surface area (Å²) < 4.78 is 50.6. The van der Waals surface area contributed by atoms with Gasteiger partial charge < -0.3 is 15.4 Å². The van der Waals surface area contributed by atoms with Gasteiger partial charge >= 0.3 is 12.1 Å².